The van der Waals surface area contributed by atoms with Crippen molar-refractivity contribution in [2.45, 2.75) is 49.0 Å². The summed E-state index contributed by atoms with van der Waals surface area (Å²) in [6.07, 6.45) is 3.04. The molecule has 2 rings (SSSR count). The van der Waals surface area contributed by atoms with E-state index in [1.54, 1.807) is 6.20 Å². The lowest BCUT2D eigenvalue weighted by Gasteiger charge is -1.82. The number of nitrogens with zero attached hydrogens (tertiary/aromatic N) is 3. The molecule has 0 aliphatic heterocycles. The zero-order valence-corrected chi connectivity index (χ0v) is 12.4. The average Bonchev–Trinajstić information content (AvgIpc) is 2.46. The van der Waals surface area contributed by atoms with Crippen molar-refractivity contribution in [3.8, 4) is 0 Å². The van der Waals surface area contributed by atoms with Gasteiger partial charge in [-0.25, -0.2) is 4.98 Å². The third-order valence-corrected chi connectivity index (χ3v) is 1.56. The number of hydrogen-bond acceptors (Lipinski definition) is 3. The first kappa shape index (κ1) is 22.4. The molecule has 0 saturated carbocycles. The van der Waals surface area contributed by atoms with Crippen molar-refractivity contribution in [3.05, 3.63) is 54.1 Å². The van der Waals surface area contributed by atoms with Gasteiger partial charge in [-0.3, -0.25) is 0 Å². The molecule has 0 bridgehead atoms. The van der Waals surface area contributed by atoms with Crippen molar-refractivity contribution in [2.75, 3.05) is 0 Å². The van der Waals surface area contributed by atoms with E-state index >= 15 is 0 Å². The summed E-state index contributed by atoms with van der Waals surface area (Å²) < 4.78 is 0. The third-order valence-electron chi connectivity index (χ3n) is 1.56. The van der Waals surface area contributed by atoms with Gasteiger partial charge in [-0.1, -0.05) is 71.0 Å². The number of hydrogen-bond donors (Lipinski definition) is 0. The largest absolute Gasteiger partial charge is 0.238 e. The minimum atomic E-state index is 0. The molecule has 3 heteroatoms. The molecule has 3 nitrogen and oxygen atoms in total. The Balaban J connectivity index is -0.000000205. The Hall–Kier alpha value is -1.77. The third kappa shape index (κ3) is 16.2. The van der Waals surface area contributed by atoms with E-state index in [2.05, 4.69) is 34.2 Å². The standard InChI is InChI=1S/C7H8.C4H5N3.2C2H6.CH4/c1-7-5-3-2-4-6-7;1-4-2-6-7-3-5-4;2*1-2;/h2-6H,1H3;2-3H,1H3;2*1-2H3;1H4. The number of aromatic nitrogens is 3. The second kappa shape index (κ2) is 18.6. The van der Waals surface area contributed by atoms with Gasteiger partial charge in [-0.2, -0.15) is 5.10 Å². The molecule has 108 valence electrons. The maximum atomic E-state index is 3.81. The molecule has 0 unspecified atom stereocenters. The van der Waals surface area contributed by atoms with Crippen molar-refractivity contribution in [1.82, 2.24) is 15.2 Å². The van der Waals surface area contributed by atoms with Crippen LogP contribution < -0.4 is 0 Å². The summed E-state index contributed by atoms with van der Waals surface area (Å²) in [5.41, 5.74) is 2.22. The Morgan fingerprint density at radius 1 is 0.789 bits per heavy atom. The van der Waals surface area contributed by atoms with Crippen LogP contribution in [0.25, 0.3) is 0 Å². The van der Waals surface area contributed by atoms with Crippen LogP contribution in [-0.4, -0.2) is 15.2 Å². The molecule has 0 radical (unpaired) electrons. The van der Waals surface area contributed by atoms with Crippen LogP contribution in [0.2, 0.25) is 0 Å². The number of aryl methyl sites for hydroxylation is 2. The summed E-state index contributed by atoms with van der Waals surface area (Å²) in [5, 5.41) is 7.06. The minimum absolute atomic E-state index is 0. The van der Waals surface area contributed by atoms with E-state index in [9.17, 15) is 0 Å². The van der Waals surface area contributed by atoms with Gasteiger partial charge in [0.2, 0.25) is 0 Å². The summed E-state index contributed by atoms with van der Waals surface area (Å²) >= 11 is 0. The quantitative estimate of drug-likeness (QED) is 0.681. The molecule has 0 atom stereocenters. The van der Waals surface area contributed by atoms with Gasteiger partial charge in [0.1, 0.15) is 6.33 Å². The Labute approximate surface area is 119 Å². The maximum absolute atomic E-state index is 3.81. The van der Waals surface area contributed by atoms with Crippen LogP contribution in [0.5, 0.6) is 0 Å². The van der Waals surface area contributed by atoms with Crippen molar-refractivity contribution >= 4 is 0 Å². The van der Waals surface area contributed by atoms with Gasteiger partial charge in [0.05, 0.1) is 11.9 Å². The molecule has 0 amide bonds. The first-order valence-electron chi connectivity index (χ1n) is 6.40. The zero-order chi connectivity index (χ0) is 14.2. The van der Waals surface area contributed by atoms with Gasteiger partial charge in [-0.05, 0) is 13.8 Å². The van der Waals surface area contributed by atoms with Crippen LogP contribution >= 0.6 is 0 Å². The van der Waals surface area contributed by atoms with E-state index in [1.165, 1.54) is 11.9 Å². The molecular weight excluding hydrogens is 234 g/mol. The Kier molecular flexibility index (Phi) is 21.9. The summed E-state index contributed by atoms with van der Waals surface area (Å²) in [4.78, 5) is 3.81. The van der Waals surface area contributed by atoms with Crippen LogP contribution in [0.1, 0.15) is 46.4 Å². The molecule has 1 aromatic carbocycles. The smallest absolute Gasteiger partial charge is 0.138 e. The van der Waals surface area contributed by atoms with Crippen molar-refractivity contribution in [2.24, 2.45) is 0 Å². The fraction of sp³-hybridized carbons (Fsp3) is 0.438. The van der Waals surface area contributed by atoms with Crippen molar-refractivity contribution < 1.29 is 0 Å². The van der Waals surface area contributed by atoms with Gasteiger partial charge in [0.25, 0.3) is 0 Å². The summed E-state index contributed by atoms with van der Waals surface area (Å²) in [6, 6.07) is 10.3. The fourth-order valence-corrected chi connectivity index (χ4v) is 0.831. The highest BCUT2D eigenvalue weighted by molar-refractivity contribution is 5.11. The van der Waals surface area contributed by atoms with Crippen LogP contribution in [0.4, 0.5) is 0 Å². The Morgan fingerprint density at radius 3 is 1.53 bits per heavy atom. The van der Waals surface area contributed by atoms with Gasteiger partial charge in [0, 0.05) is 0 Å². The summed E-state index contributed by atoms with van der Waals surface area (Å²) in [7, 11) is 0. The van der Waals surface area contributed by atoms with Crippen LogP contribution in [0.15, 0.2) is 42.9 Å². The zero-order valence-electron chi connectivity index (χ0n) is 12.4. The Bertz CT molecular complexity index is 309. The van der Waals surface area contributed by atoms with E-state index in [0.29, 0.717) is 0 Å². The lowest BCUT2D eigenvalue weighted by molar-refractivity contribution is 0.939. The molecule has 0 spiro atoms. The molecule has 1 heterocycles. The van der Waals surface area contributed by atoms with Crippen molar-refractivity contribution in [1.29, 1.82) is 0 Å². The van der Waals surface area contributed by atoms with E-state index in [0.717, 1.165) is 5.69 Å². The summed E-state index contributed by atoms with van der Waals surface area (Å²) in [6.45, 7) is 12.0. The average molecular weight is 263 g/mol. The van der Waals surface area contributed by atoms with Gasteiger partial charge in [-0.15, -0.1) is 5.10 Å². The van der Waals surface area contributed by atoms with Crippen LogP contribution in [-0.2, 0) is 0 Å². The molecule has 0 aliphatic rings. The SMILES string of the molecule is C.CC.CC.Cc1ccccc1.Cc1cnncn1. The van der Waals surface area contributed by atoms with Gasteiger partial charge >= 0.3 is 0 Å². The van der Waals surface area contributed by atoms with E-state index in [4.69, 9.17) is 0 Å². The van der Waals surface area contributed by atoms with Crippen LogP contribution in [0, 0.1) is 13.8 Å². The van der Waals surface area contributed by atoms with E-state index in [-0.39, 0.29) is 7.43 Å². The van der Waals surface area contributed by atoms with Crippen molar-refractivity contribution in [3.63, 3.8) is 0 Å². The maximum Gasteiger partial charge on any atom is 0.138 e. The lowest BCUT2D eigenvalue weighted by atomic mass is 10.2. The van der Waals surface area contributed by atoms with E-state index in [1.807, 2.05) is 52.8 Å². The minimum Gasteiger partial charge on any atom is -0.238 e. The first-order valence-corrected chi connectivity index (χ1v) is 6.40. The van der Waals surface area contributed by atoms with Gasteiger partial charge < -0.3 is 0 Å². The highest BCUT2D eigenvalue weighted by Gasteiger charge is 1.75. The molecule has 0 aliphatic carbocycles. The monoisotopic (exact) mass is 263 g/mol. The molecular formula is C16H29N3. The second-order valence-corrected chi connectivity index (χ2v) is 2.90. The predicted octanol–water partition coefficient (Wildman–Crippen LogP) is 4.86. The first-order chi connectivity index (χ1) is 8.79. The molecule has 1 aromatic heterocycles. The molecule has 0 N–H and O–H groups in total. The van der Waals surface area contributed by atoms with Crippen LogP contribution in [0.3, 0.4) is 0 Å². The molecule has 19 heavy (non-hydrogen) atoms. The predicted molar refractivity (Wildman–Crippen MR) is 85.2 cm³/mol. The normalized spacial score (nSPS) is 7.05. The van der Waals surface area contributed by atoms with Gasteiger partial charge in [0.15, 0.2) is 0 Å². The number of benzene rings is 1. The topological polar surface area (TPSA) is 38.7 Å². The lowest BCUT2D eigenvalue weighted by Crippen LogP contribution is -1.83. The summed E-state index contributed by atoms with van der Waals surface area (Å²) in [5.74, 6) is 0. The second-order valence-electron chi connectivity index (χ2n) is 2.90. The van der Waals surface area contributed by atoms with E-state index < -0.39 is 0 Å². The Morgan fingerprint density at radius 2 is 1.32 bits per heavy atom. The fourth-order valence-electron chi connectivity index (χ4n) is 0.831. The number of rotatable bonds is 0. The molecule has 2 aromatic rings. The highest BCUT2D eigenvalue weighted by Crippen LogP contribution is 1.92. The molecule has 0 saturated heterocycles. The highest BCUT2D eigenvalue weighted by atomic mass is 15.1. The molecule has 0 fully saturated rings.